The summed E-state index contributed by atoms with van der Waals surface area (Å²) in [4.78, 5) is 15.1. The highest BCUT2D eigenvalue weighted by Crippen LogP contribution is 2.26. The Morgan fingerprint density at radius 2 is 1.73 bits per heavy atom. The minimum atomic E-state index is -3.44. The third kappa shape index (κ3) is 5.13. The first-order valence-electron chi connectivity index (χ1n) is 10.9. The van der Waals surface area contributed by atoms with Gasteiger partial charge in [0.25, 0.3) is 5.91 Å². The van der Waals surface area contributed by atoms with E-state index in [2.05, 4.69) is 5.10 Å². The van der Waals surface area contributed by atoms with Gasteiger partial charge in [0, 0.05) is 31.2 Å². The first-order valence-corrected chi connectivity index (χ1v) is 12.9. The quantitative estimate of drug-likeness (QED) is 0.529. The highest BCUT2D eigenvalue weighted by atomic mass is 35.5. The molecular formula is C24H27ClN4O3S. The van der Waals surface area contributed by atoms with Gasteiger partial charge in [0.1, 0.15) is 0 Å². The van der Waals surface area contributed by atoms with E-state index < -0.39 is 10.0 Å². The molecule has 0 atom stereocenters. The zero-order valence-electron chi connectivity index (χ0n) is 18.7. The smallest absolute Gasteiger partial charge is 0.257 e. The van der Waals surface area contributed by atoms with Crippen LogP contribution < -0.4 is 0 Å². The van der Waals surface area contributed by atoms with Gasteiger partial charge in [-0.3, -0.25) is 4.79 Å². The lowest BCUT2D eigenvalue weighted by Gasteiger charge is -2.34. The number of sulfonamides is 1. The zero-order valence-corrected chi connectivity index (χ0v) is 20.3. The number of hydrogen-bond donors (Lipinski definition) is 0. The molecular weight excluding hydrogens is 460 g/mol. The summed E-state index contributed by atoms with van der Waals surface area (Å²) in [6.07, 6.45) is 1.59. The molecule has 1 amide bonds. The molecule has 0 radical (unpaired) electrons. The van der Waals surface area contributed by atoms with Gasteiger partial charge >= 0.3 is 0 Å². The van der Waals surface area contributed by atoms with Crippen molar-refractivity contribution in [1.29, 1.82) is 0 Å². The van der Waals surface area contributed by atoms with Gasteiger partial charge in [-0.1, -0.05) is 61.8 Å². The minimum Gasteiger partial charge on any atom is -0.336 e. The molecule has 0 saturated carbocycles. The van der Waals surface area contributed by atoms with Gasteiger partial charge in [-0.25, -0.2) is 13.1 Å². The maximum atomic E-state index is 13.4. The average Bonchev–Trinajstić information content (AvgIpc) is 3.25. The average molecular weight is 487 g/mol. The maximum Gasteiger partial charge on any atom is 0.257 e. The molecule has 0 bridgehead atoms. The zero-order chi connectivity index (χ0) is 23.6. The van der Waals surface area contributed by atoms with E-state index in [1.165, 1.54) is 4.31 Å². The number of halogens is 1. The SMILES string of the molecule is CC(C)c1c(C(=O)N2CCN(S(=O)(=O)Cc3ccccc3)CC2)cnn1-c1cccc(Cl)c1. The van der Waals surface area contributed by atoms with Crippen LogP contribution in [0, 0.1) is 0 Å². The molecule has 3 aromatic rings. The number of hydrogen-bond acceptors (Lipinski definition) is 4. The Hall–Kier alpha value is -2.68. The first kappa shape index (κ1) is 23.5. The van der Waals surface area contributed by atoms with Gasteiger partial charge in [-0.2, -0.15) is 9.40 Å². The van der Waals surface area contributed by atoms with Crippen molar-refractivity contribution in [3.63, 3.8) is 0 Å². The number of nitrogens with zero attached hydrogens (tertiary/aromatic N) is 4. The molecule has 0 aliphatic carbocycles. The normalized spacial score (nSPS) is 15.2. The second-order valence-electron chi connectivity index (χ2n) is 8.42. The predicted octanol–water partition coefficient (Wildman–Crippen LogP) is 3.94. The topological polar surface area (TPSA) is 75.5 Å². The van der Waals surface area contributed by atoms with Crippen molar-refractivity contribution < 1.29 is 13.2 Å². The van der Waals surface area contributed by atoms with Crippen molar-refractivity contribution in [1.82, 2.24) is 19.0 Å². The van der Waals surface area contributed by atoms with Gasteiger partial charge in [-0.05, 0) is 29.7 Å². The largest absolute Gasteiger partial charge is 0.336 e. The first-order chi connectivity index (χ1) is 15.8. The van der Waals surface area contributed by atoms with Gasteiger partial charge in [0.15, 0.2) is 0 Å². The monoisotopic (exact) mass is 486 g/mol. The van der Waals surface area contributed by atoms with Crippen LogP contribution in [0.1, 0.15) is 41.4 Å². The van der Waals surface area contributed by atoms with E-state index in [9.17, 15) is 13.2 Å². The summed E-state index contributed by atoms with van der Waals surface area (Å²) in [6, 6.07) is 16.5. The summed E-state index contributed by atoms with van der Waals surface area (Å²) < 4.78 is 28.9. The van der Waals surface area contributed by atoms with E-state index in [1.54, 1.807) is 21.8 Å². The van der Waals surface area contributed by atoms with Gasteiger partial charge in [0.2, 0.25) is 10.0 Å². The third-order valence-electron chi connectivity index (χ3n) is 5.75. The van der Waals surface area contributed by atoms with Crippen molar-refractivity contribution in [2.24, 2.45) is 0 Å². The van der Waals surface area contributed by atoms with Crippen molar-refractivity contribution in [3.05, 3.63) is 82.6 Å². The highest BCUT2D eigenvalue weighted by Gasteiger charge is 2.31. The van der Waals surface area contributed by atoms with Crippen LogP contribution in [0.25, 0.3) is 5.69 Å². The molecule has 1 fully saturated rings. The van der Waals surface area contributed by atoms with Crippen molar-refractivity contribution in [2.75, 3.05) is 26.2 Å². The summed E-state index contributed by atoms with van der Waals surface area (Å²) in [5, 5.41) is 5.07. The molecule has 0 spiro atoms. The number of carbonyl (C=O) groups is 1. The maximum absolute atomic E-state index is 13.4. The van der Waals surface area contributed by atoms with Gasteiger partial charge in [0.05, 0.1) is 28.9 Å². The fourth-order valence-electron chi connectivity index (χ4n) is 4.11. The van der Waals surface area contributed by atoms with E-state index in [0.717, 1.165) is 16.9 Å². The number of benzene rings is 2. The van der Waals surface area contributed by atoms with Crippen LogP contribution in [0.3, 0.4) is 0 Å². The van der Waals surface area contributed by atoms with Crippen molar-refractivity contribution in [3.8, 4) is 5.69 Å². The molecule has 2 heterocycles. The summed E-state index contributed by atoms with van der Waals surface area (Å²) in [5.41, 5.74) is 2.89. The van der Waals surface area contributed by atoms with Crippen molar-refractivity contribution >= 4 is 27.5 Å². The number of carbonyl (C=O) groups excluding carboxylic acids is 1. The molecule has 1 aliphatic heterocycles. The van der Waals surface area contributed by atoms with Crippen LogP contribution in [0.5, 0.6) is 0 Å². The van der Waals surface area contributed by atoms with Crippen LogP contribution >= 0.6 is 11.6 Å². The molecule has 7 nitrogen and oxygen atoms in total. The van der Waals surface area contributed by atoms with E-state index >= 15 is 0 Å². The second kappa shape index (κ2) is 9.67. The minimum absolute atomic E-state index is 0.0360. The number of amides is 1. The summed E-state index contributed by atoms with van der Waals surface area (Å²) in [6.45, 7) is 5.27. The molecule has 1 aliphatic rings. The lowest BCUT2D eigenvalue weighted by molar-refractivity contribution is 0.0696. The van der Waals surface area contributed by atoms with E-state index in [1.807, 2.05) is 62.4 Å². The fourth-order valence-corrected chi connectivity index (χ4v) is 5.81. The molecule has 2 aromatic carbocycles. The van der Waals surface area contributed by atoms with Crippen LogP contribution in [0.4, 0.5) is 0 Å². The van der Waals surface area contributed by atoms with E-state index in [-0.39, 0.29) is 30.7 Å². The molecule has 9 heteroatoms. The predicted molar refractivity (Wildman–Crippen MR) is 129 cm³/mol. The number of piperazine rings is 1. The summed E-state index contributed by atoms with van der Waals surface area (Å²) >= 11 is 6.15. The Kier molecular flexibility index (Phi) is 6.88. The van der Waals surface area contributed by atoms with Crippen LogP contribution in [-0.4, -0.2) is 59.5 Å². The van der Waals surface area contributed by atoms with Crippen LogP contribution in [-0.2, 0) is 15.8 Å². The third-order valence-corrected chi connectivity index (χ3v) is 7.83. The lowest BCUT2D eigenvalue weighted by atomic mass is 10.0. The lowest BCUT2D eigenvalue weighted by Crippen LogP contribution is -2.50. The Bertz CT molecular complexity index is 1230. The molecule has 1 aromatic heterocycles. The Morgan fingerprint density at radius 1 is 1.03 bits per heavy atom. The highest BCUT2D eigenvalue weighted by molar-refractivity contribution is 7.88. The molecule has 1 saturated heterocycles. The van der Waals surface area contributed by atoms with Crippen LogP contribution in [0.15, 0.2) is 60.8 Å². The van der Waals surface area contributed by atoms with Crippen molar-refractivity contribution in [2.45, 2.75) is 25.5 Å². The molecule has 33 heavy (non-hydrogen) atoms. The summed E-state index contributed by atoms with van der Waals surface area (Å²) in [7, 11) is -3.44. The molecule has 4 rings (SSSR count). The standard InChI is InChI=1S/C24H27ClN4O3S/c1-18(2)23-22(16-26-29(23)21-10-6-9-20(25)15-21)24(30)27-11-13-28(14-12-27)33(31,32)17-19-7-4-3-5-8-19/h3-10,15-16,18H,11-14,17H2,1-2H3. The van der Waals surface area contributed by atoms with Gasteiger partial charge in [-0.15, -0.1) is 0 Å². The Morgan fingerprint density at radius 3 is 2.36 bits per heavy atom. The second-order valence-corrected chi connectivity index (χ2v) is 10.8. The Balaban J connectivity index is 1.49. The summed E-state index contributed by atoms with van der Waals surface area (Å²) in [5.74, 6) is -0.115. The van der Waals surface area contributed by atoms with E-state index in [4.69, 9.17) is 11.6 Å². The fraction of sp³-hybridized carbons (Fsp3) is 0.333. The number of aromatic nitrogens is 2. The van der Waals surface area contributed by atoms with Crippen LogP contribution in [0.2, 0.25) is 5.02 Å². The molecule has 0 unspecified atom stereocenters. The molecule has 174 valence electrons. The van der Waals surface area contributed by atoms with Gasteiger partial charge < -0.3 is 4.90 Å². The Labute approximate surface area is 199 Å². The molecule has 0 N–H and O–H groups in total. The van der Waals surface area contributed by atoms with E-state index in [0.29, 0.717) is 23.7 Å². The number of rotatable bonds is 6.